The Hall–Kier alpha value is -3.52. The molecule has 1 amide bonds. The quantitative estimate of drug-likeness (QED) is 0.228. The number of aryl methyl sites for hydroxylation is 1. The van der Waals surface area contributed by atoms with Gasteiger partial charge in [-0.2, -0.15) is 4.31 Å². The molecule has 0 unspecified atom stereocenters. The Morgan fingerprint density at radius 1 is 0.780 bits per heavy atom. The molecule has 7 heteroatoms. The van der Waals surface area contributed by atoms with Gasteiger partial charge in [0, 0.05) is 24.3 Å². The van der Waals surface area contributed by atoms with Gasteiger partial charge in [-0.25, -0.2) is 8.42 Å². The Labute approximate surface area is 245 Å². The molecule has 0 spiro atoms. The van der Waals surface area contributed by atoms with E-state index in [1.807, 2.05) is 84.6 Å². The largest absolute Gasteiger partial charge is 0.304 e. The van der Waals surface area contributed by atoms with Gasteiger partial charge in [0.25, 0.3) is 5.91 Å². The topological polar surface area (TPSA) is 57.7 Å². The fourth-order valence-electron chi connectivity index (χ4n) is 5.99. The van der Waals surface area contributed by atoms with Crippen molar-refractivity contribution in [3.05, 3.63) is 124 Å². The van der Waals surface area contributed by atoms with E-state index in [0.29, 0.717) is 23.5 Å². The number of nitrogens with zero attached hydrogens (tertiary/aromatic N) is 2. The zero-order valence-electron chi connectivity index (χ0n) is 24.7. The number of benzene rings is 4. The second-order valence-corrected chi connectivity index (χ2v) is 18.9. The minimum Gasteiger partial charge on any atom is -0.304 e. The Kier molecular flexibility index (Phi) is 7.81. The average Bonchev–Trinajstić information content (AvgIpc) is 3.42. The van der Waals surface area contributed by atoms with E-state index in [2.05, 4.69) is 33.5 Å². The molecule has 0 bridgehead atoms. The average molecular weight is 583 g/mol. The van der Waals surface area contributed by atoms with Crippen molar-refractivity contribution < 1.29 is 13.2 Å². The van der Waals surface area contributed by atoms with Gasteiger partial charge in [-0.3, -0.25) is 4.79 Å². The highest BCUT2D eigenvalue weighted by atomic mass is 32.2. The molecule has 0 saturated heterocycles. The number of hydrogen-bond donors (Lipinski definition) is 0. The molecule has 5 nitrogen and oxygen atoms in total. The van der Waals surface area contributed by atoms with Gasteiger partial charge in [-0.05, 0) is 78.0 Å². The Morgan fingerprint density at radius 3 is 1.88 bits per heavy atom. The predicted octanol–water partition coefficient (Wildman–Crippen LogP) is 6.71. The minimum atomic E-state index is -3.68. The summed E-state index contributed by atoms with van der Waals surface area (Å²) in [6.07, 6.45) is 0. The molecular formula is C34H38N2O3SSi. The Balaban J connectivity index is 1.69. The fourth-order valence-corrected chi connectivity index (χ4v) is 9.67. The van der Waals surface area contributed by atoms with Crippen LogP contribution in [0.4, 0.5) is 5.69 Å². The number of rotatable bonds is 7. The molecular weight excluding hydrogens is 545 g/mol. The first-order valence-electron chi connectivity index (χ1n) is 14.0. The first kappa shape index (κ1) is 29.0. The second-order valence-electron chi connectivity index (χ2n) is 12.0. The van der Waals surface area contributed by atoms with Crippen LogP contribution in [0.25, 0.3) is 0 Å². The number of hydrogen-bond acceptors (Lipinski definition) is 3. The van der Waals surface area contributed by atoms with Crippen LogP contribution in [-0.2, 0) is 29.7 Å². The third-order valence-corrected chi connectivity index (χ3v) is 12.0. The van der Waals surface area contributed by atoms with Crippen LogP contribution < -0.4 is 10.1 Å². The molecule has 212 valence electrons. The summed E-state index contributed by atoms with van der Waals surface area (Å²) in [4.78, 5) is 16.5. The van der Waals surface area contributed by atoms with Gasteiger partial charge in [-0.15, -0.1) is 0 Å². The first-order chi connectivity index (χ1) is 19.4. The molecule has 0 aliphatic carbocycles. The standard InChI is InChI=1S/C34H38N2O3SSi/c1-24-17-19-29(20-18-24)40(38,39)35-22-30-25(2)32(33(41(4,5)6)26(3)31(30)23-35)36(21-27-13-9-7-10-14-27)34(37)28-15-11-8-12-16-28/h7-20H,21-23H2,1-6H3. The first-order valence-corrected chi connectivity index (χ1v) is 19.0. The van der Waals surface area contributed by atoms with E-state index in [9.17, 15) is 13.2 Å². The fraction of sp³-hybridized carbons (Fsp3) is 0.265. The highest BCUT2D eigenvalue weighted by Gasteiger charge is 2.38. The summed E-state index contributed by atoms with van der Waals surface area (Å²) in [7, 11) is -5.71. The van der Waals surface area contributed by atoms with Crippen LogP contribution in [0.3, 0.4) is 0 Å². The molecule has 1 heterocycles. The van der Waals surface area contributed by atoms with Crippen LogP contribution in [0.2, 0.25) is 19.6 Å². The molecule has 4 aromatic carbocycles. The number of carbonyl (C=O) groups is 1. The van der Waals surface area contributed by atoms with Gasteiger partial charge < -0.3 is 4.90 Å². The number of carbonyl (C=O) groups excluding carboxylic acids is 1. The molecule has 41 heavy (non-hydrogen) atoms. The van der Waals surface area contributed by atoms with E-state index in [4.69, 9.17) is 0 Å². The van der Waals surface area contributed by atoms with Crippen LogP contribution in [0.5, 0.6) is 0 Å². The third-order valence-electron chi connectivity index (χ3n) is 8.03. The smallest absolute Gasteiger partial charge is 0.258 e. The van der Waals surface area contributed by atoms with Crippen molar-refractivity contribution in [1.29, 1.82) is 0 Å². The summed E-state index contributed by atoms with van der Waals surface area (Å²) in [5.74, 6) is -0.0569. The van der Waals surface area contributed by atoms with Crippen molar-refractivity contribution >= 4 is 34.9 Å². The van der Waals surface area contributed by atoms with E-state index in [1.165, 1.54) is 5.19 Å². The molecule has 0 radical (unpaired) electrons. The molecule has 0 aromatic heterocycles. The normalized spacial score (nSPS) is 13.7. The lowest BCUT2D eigenvalue weighted by atomic mass is 9.96. The van der Waals surface area contributed by atoms with Gasteiger partial charge in [-0.1, -0.05) is 85.9 Å². The molecule has 0 saturated carbocycles. The Morgan fingerprint density at radius 2 is 1.32 bits per heavy atom. The molecule has 0 N–H and O–H groups in total. The molecule has 1 aliphatic rings. The molecule has 0 fully saturated rings. The minimum absolute atomic E-state index is 0.0569. The number of sulfonamides is 1. The molecule has 4 aromatic rings. The lowest BCUT2D eigenvalue weighted by molar-refractivity contribution is 0.0985. The summed E-state index contributed by atoms with van der Waals surface area (Å²) in [5.41, 5.74) is 7.81. The lowest BCUT2D eigenvalue weighted by Crippen LogP contribution is -2.46. The van der Waals surface area contributed by atoms with Gasteiger partial charge in [0.15, 0.2) is 0 Å². The van der Waals surface area contributed by atoms with Gasteiger partial charge in [0.05, 0.1) is 19.5 Å². The maximum Gasteiger partial charge on any atom is 0.258 e. The zero-order valence-corrected chi connectivity index (χ0v) is 26.5. The van der Waals surface area contributed by atoms with Crippen molar-refractivity contribution in [2.45, 2.75) is 64.9 Å². The number of fused-ring (bicyclic) bond motifs is 1. The van der Waals surface area contributed by atoms with Gasteiger partial charge >= 0.3 is 0 Å². The summed E-state index contributed by atoms with van der Waals surface area (Å²) in [6, 6.07) is 26.5. The Bertz CT molecular complexity index is 1700. The van der Waals surface area contributed by atoms with Crippen LogP contribution in [0.15, 0.2) is 89.8 Å². The SMILES string of the molecule is Cc1ccc(S(=O)(=O)N2Cc3c(C)c(N(Cc4ccccc4)C(=O)c4ccccc4)c([Si](C)(C)C)c(C)c3C2)cc1. The summed E-state index contributed by atoms with van der Waals surface area (Å²) < 4.78 is 29.1. The highest BCUT2D eigenvalue weighted by Crippen LogP contribution is 2.38. The zero-order chi connectivity index (χ0) is 29.5. The molecule has 5 rings (SSSR count). The molecule has 1 aliphatic heterocycles. The maximum atomic E-state index is 14.3. The van der Waals surface area contributed by atoms with Crippen LogP contribution in [0, 0.1) is 20.8 Å². The number of amides is 1. The van der Waals surface area contributed by atoms with Crippen molar-refractivity contribution in [2.24, 2.45) is 0 Å². The van der Waals surface area contributed by atoms with E-state index in [0.717, 1.165) is 39.1 Å². The van der Waals surface area contributed by atoms with Crippen molar-refractivity contribution in [1.82, 2.24) is 4.31 Å². The maximum absolute atomic E-state index is 14.3. The van der Waals surface area contributed by atoms with Crippen LogP contribution in [0.1, 0.15) is 43.7 Å². The summed E-state index contributed by atoms with van der Waals surface area (Å²) in [5, 5.41) is 1.21. The van der Waals surface area contributed by atoms with Gasteiger partial charge in [0.1, 0.15) is 0 Å². The monoisotopic (exact) mass is 582 g/mol. The van der Waals surface area contributed by atoms with Crippen LogP contribution in [-0.4, -0.2) is 26.7 Å². The van der Waals surface area contributed by atoms with E-state index < -0.39 is 18.1 Å². The molecule has 0 atom stereocenters. The van der Waals surface area contributed by atoms with Gasteiger partial charge in [0.2, 0.25) is 10.0 Å². The van der Waals surface area contributed by atoms with E-state index in [1.54, 1.807) is 16.4 Å². The van der Waals surface area contributed by atoms with E-state index >= 15 is 0 Å². The number of anilines is 1. The summed E-state index contributed by atoms with van der Waals surface area (Å²) >= 11 is 0. The van der Waals surface area contributed by atoms with Crippen LogP contribution >= 0.6 is 0 Å². The van der Waals surface area contributed by atoms with E-state index in [-0.39, 0.29) is 12.5 Å². The predicted molar refractivity (Wildman–Crippen MR) is 170 cm³/mol. The van der Waals surface area contributed by atoms with Crippen molar-refractivity contribution in [3.8, 4) is 0 Å². The summed E-state index contributed by atoms with van der Waals surface area (Å²) in [6.45, 7) is 14.1. The van der Waals surface area contributed by atoms with Crippen molar-refractivity contribution in [2.75, 3.05) is 4.90 Å². The second kappa shape index (κ2) is 11.0. The lowest BCUT2D eigenvalue weighted by Gasteiger charge is -2.34. The highest BCUT2D eigenvalue weighted by molar-refractivity contribution is 7.89. The third kappa shape index (κ3) is 5.54. The van der Waals surface area contributed by atoms with Crippen molar-refractivity contribution in [3.63, 3.8) is 0 Å².